The molecule has 0 spiro atoms. The van der Waals surface area contributed by atoms with Crippen LogP contribution in [0.3, 0.4) is 0 Å². The molecule has 0 rings (SSSR count). The van der Waals surface area contributed by atoms with Gasteiger partial charge in [-0.3, -0.25) is 0 Å². The van der Waals surface area contributed by atoms with E-state index >= 15 is 0 Å². The van der Waals surface area contributed by atoms with E-state index in [0.717, 1.165) is 0 Å². The highest BCUT2D eigenvalue weighted by molar-refractivity contribution is 8.71. The molecule has 0 saturated carbocycles. The van der Waals surface area contributed by atoms with E-state index in [4.69, 9.17) is 5.26 Å². The first kappa shape index (κ1) is 7.59. The monoisotopic (exact) mass is 152 g/mol. The molecule has 0 saturated heterocycles. The molecule has 0 aromatic carbocycles. The quantitative estimate of drug-likeness (QED) is 0.334. The van der Waals surface area contributed by atoms with Crippen LogP contribution in [0.4, 0.5) is 0 Å². The summed E-state index contributed by atoms with van der Waals surface area (Å²) in [7, 11) is -2.77. The lowest BCUT2D eigenvalue weighted by Crippen LogP contribution is -2.12. The van der Waals surface area contributed by atoms with Crippen LogP contribution in [-0.4, -0.2) is 14.7 Å². The van der Waals surface area contributed by atoms with Crippen molar-refractivity contribution >= 4 is 19.8 Å². The zero-order valence-corrected chi connectivity index (χ0v) is 5.71. The molecule has 0 aliphatic carbocycles. The summed E-state index contributed by atoms with van der Waals surface area (Å²) in [4.78, 5) is 0. The highest BCUT2D eigenvalue weighted by Gasteiger charge is 2.02. The molecule has 0 fully saturated rings. The molecule has 0 heterocycles. The fraction of sp³-hybridized carbons (Fsp3) is 0.500. The molecule has 0 radical (unpaired) electrons. The summed E-state index contributed by atoms with van der Waals surface area (Å²) >= 11 is 0. The second kappa shape index (κ2) is 2.79. The number of hydrogen-bond acceptors (Lipinski definition) is 4. The van der Waals surface area contributed by atoms with Crippen molar-refractivity contribution in [1.82, 2.24) is 4.72 Å². The first-order valence-corrected chi connectivity index (χ1v) is 4.81. The normalized spacial score (nSPS) is 10.0. The molecule has 1 N–H and O–H groups in total. The SMILES string of the molecule is CSS(=O)(=O)NC#N. The summed E-state index contributed by atoms with van der Waals surface area (Å²) in [5.74, 6) is 0. The van der Waals surface area contributed by atoms with Crippen molar-refractivity contribution in [3.8, 4) is 6.19 Å². The molecular formula is C2H4N2O2S2. The van der Waals surface area contributed by atoms with Gasteiger partial charge < -0.3 is 0 Å². The Bertz CT molecular complexity index is 189. The Balaban J connectivity index is 4.01. The van der Waals surface area contributed by atoms with Crippen LogP contribution in [-0.2, 0) is 9.06 Å². The second-order valence-electron chi connectivity index (χ2n) is 0.835. The molecule has 0 atom stereocenters. The van der Waals surface area contributed by atoms with Gasteiger partial charge in [0.1, 0.15) is 0 Å². The van der Waals surface area contributed by atoms with Gasteiger partial charge in [0.25, 0.3) is 9.06 Å². The number of hydrogen-bond donors (Lipinski definition) is 1. The van der Waals surface area contributed by atoms with E-state index in [1.807, 2.05) is 0 Å². The van der Waals surface area contributed by atoms with Gasteiger partial charge in [-0.1, -0.05) is 0 Å². The van der Waals surface area contributed by atoms with Crippen molar-refractivity contribution in [1.29, 1.82) is 5.26 Å². The molecule has 6 heteroatoms. The lowest BCUT2D eigenvalue weighted by atomic mass is 11.5. The molecule has 0 bridgehead atoms. The maximum atomic E-state index is 10.2. The molecular weight excluding hydrogens is 148 g/mol. The Hall–Kier alpha value is -0.410. The predicted molar refractivity (Wildman–Crippen MR) is 31.2 cm³/mol. The van der Waals surface area contributed by atoms with Gasteiger partial charge >= 0.3 is 0 Å². The third kappa shape index (κ3) is 2.71. The van der Waals surface area contributed by atoms with Crippen molar-refractivity contribution in [2.24, 2.45) is 0 Å². The van der Waals surface area contributed by atoms with Crippen LogP contribution in [0.1, 0.15) is 0 Å². The molecule has 8 heavy (non-hydrogen) atoms. The van der Waals surface area contributed by atoms with E-state index in [1.165, 1.54) is 12.4 Å². The Morgan fingerprint density at radius 1 is 1.75 bits per heavy atom. The first-order chi connectivity index (χ1) is 3.62. The van der Waals surface area contributed by atoms with Crippen molar-refractivity contribution in [3.05, 3.63) is 0 Å². The second-order valence-corrected chi connectivity index (χ2v) is 4.60. The number of rotatable bonds is 2. The van der Waals surface area contributed by atoms with E-state index in [2.05, 4.69) is 0 Å². The summed E-state index contributed by atoms with van der Waals surface area (Å²) < 4.78 is 22.1. The van der Waals surface area contributed by atoms with Gasteiger partial charge in [-0.15, -0.1) is 0 Å². The summed E-state index contributed by atoms with van der Waals surface area (Å²) in [5, 5.41) is 7.78. The number of nitrogens with one attached hydrogen (secondary N) is 1. The predicted octanol–water partition coefficient (Wildman–Crippen LogP) is -0.335. The molecule has 0 amide bonds. The van der Waals surface area contributed by atoms with Gasteiger partial charge in [-0.2, -0.15) is 13.7 Å². The van der Waals surface area contributed by atoms with Crippen LogP contribution in [0.2, 0.25) is 0 Å². The molecule has 0 aliphatic rings. The van der Waals surface area contributed by atoms with E-state index < -0.39 is 9.06 Å². The van der Waals surface area contributed by atoms with E-state index in [0.29, 0.717) is 10.8 Å². The van der Waals surface area contributed by atoms with Crippen molar-refractivity contribution < 1.29 is 8.42 Å². The van der Waals surface area contributed by atoms with Crippen molar-refractivity contribution in [2.75, 3.05) is 6.26 Å². The molecule has 0 aliphatic heterocycles. The number of nitrogens with zero attached hydrogens (tertiary/aromatic N) is 1. The van der Waals surface area contributed by atoms with Crippen LogP contribution >= 0.6 is 10.8 Å². The van der Waals surface area contributed by atoms with Gasteiger partial charge in [-0.25, -0.2) is 4.72 Å². The van der Waals surface area contributed by atoms with Crippen LogP contribution in [0.15, 0.2) is 0 Å². The third-order valence-corrected chi connectivity index (χ3v) is 2.74. The molecule has 0 aromatic heterocycles. The molecule has 46 valence electrons. The Kier molecular flexibility index (Phi) is 2.65. The Morgan fingerprint density at radius 2 is 2.25 bits per heavy atom. The van der Waals surface area contributed by atoms with E-state index in [1.54, 1.807) is 4.72 Å². The van der Waals surface area contributed by atoms with Gasteiger partial charge in [-0.05, 0) is 17.0 Å². The van der Waals surface area contributed by atoms with Crippen LogP contribution in [0.5, 0.6) is 0 Å². The molecule has 4 nitrogen and oxygen atoms in total. The highest BCUT2D eigenvalue weighted by atomic mass is 33.1. The highest BCUT2D eigenvalue weighted by Crippen LogP contribution is 2.00. The van der Waals surface area contributed by atoms with Gasteiger partial charge in [0, 0.05) is 0 Å². The lowest BCUT2D eigenvalue weighted by molar-refractivity contribution is 0.606. The van der Waals surface area contributed by atoms with Crippen LogP contribution < -0.4 is 4.72 Å². The van der Waals surface area contributed by atoms with E-state index in [-0.39, 0.29) is 0 Å². The number of nitriles is 1. The largest absolute Gasteiger partial charge is 0.294 e. The topological polar surface area (TPSA) is 70.0 Å². The molecule has 0 unspecified atom stereocenters. The minimum Gasteiger partial charge on any atom is -0.211 e. The first-order valence-electron chi connectivity index (χ1n) is 1.59. The zero-order valence-electron chi connectivity index (χ0n) is 4.08. The Morgan fingerprint density at radius 3 is 2.38 bits per heavy atom. The minimum atomic E-state index is -3.36. The smallest absolute Gasteiger partial charge is 0.211 e. The third-order valence-electron chi connectivity index (χ3n) is 0.390. The Labute approximate surface area is 51.3 Å². The van der Waals surface area contributed by atoms with Crippen LogP contribution in [0.25, 0.3) is 0 Å². The average Bonchev–Trinajstić information content (AvgIpc) is 1.67. The van der Waals surface area contributed by atoms with Crippen molar-refractivity contribution in [3.63, 3.8) is 0 Å². The van der Waals surface area contributed by atoms with Crippen LogP contribution in [0, 0.1) is 11.5 Å². The zero-order chi connectivity index (χ0) is 6.62. The van der Waals surface area contributed by atoms with Gasteiger partial charge in [0.2, 0.25) is 0 Å². The van der Waals surface area contributed by atoms with Crippen molar-refractivity contribution in [2.45, 2.75) is 0 Å². The lowest BCUT2D eigenvalue weighted by Gasteiger charge is -1.89. The summed E-state index contributed by atoms with van der Waals surface area (Å²) in [6.07, 6.45) is 2.67. The van der Waals surface area contributed by atoms with Gasteiger partial charge in [0.05, 0.1) is 0 Å². The molecule has 0 aromatic rings. The maximum Gasteiger partial charge on any atom is 0.294 e. The fourth-order valence-electron chi connectivity index (χ4n) is 0.0976. The average molecular weight is 152 g/mol. The standard InChI is InChI=1S/C2H4N2O2S2/c1-7-8(5,6)4-2-3/h4H,1H3. The van der Waals surface area contributed by atoms with E-state index in [9.17, 15) is 8.42 Å². The van der Waals surface area contributed by atoms with Gasteiger partial charge in [0.15, 0.2) is 6.19 Å². The summed E-state index contributed by atoms with van der Waals surface area (Å²) in [5.41, 5.74) is 0. The summed E-state index contributed by atoms with van der Waals surface area (Å²) in [6.45, 7) is 0. The fourth-order valence-corrected chi connectivity index (χ4v) is 0.655. The minimum absolute atomic E-state index is 0.590. The maximum absolute atomic E-state index is 10.2. The summed E-state index contributed by atoms with van der Waals surface area (Å²) in [6, 6.07) is 0.